The smallest absolute Gasteiger partial charge is 0.208 e. The molecule has 0 fully saturated rings. The number of nitrogens with one attached hydrogen (secondary N) is 1. The van der Waals surface area contributed by atoms with Crippen molar-refractivity contribution < 1.29 is 8.42 Å². The molecule has 0 saturated heterocycles. The first-order valence-corrected chi connectivity index (χ1v) is 8.35. The SMILES string of the molecule is CC(C)CC(C)NS(=O)(=O)c1c(Cl)cccc1Br. The van der Waals surface area contributed by atoms with E-state index in [-0.39, 0.29) is 16.0 Å². The van der Waals surface area contributed by atoms with E-state index in [2.05, 4.69) is 34.5 Å². The Bertz CT molecular complexity index is 497. The Morgan fingerprint density at radius 1 is 1.33 bits per heavy atom. The number of hydrogen-bond donors (Lipinski definition) is 1. The van der Waals surface area contributed by atoms with E-state index in [0.717, 1.165) is 6.42 Å². The van der Waals surface area contributed by atoms with Gasteiger partial charge in [-0.15, -0.1) is 0 Å². The van der Waals surface area contributed by atoms with Crippen LogP contribution in [0, 0.1) is 5.92 Å². The minimum Gasteiger partial charge on any atom is -0.208 e. The lowest BCUT2D eigenvalue weighted by Crippen LogP contribution is -2.33. The first-order valence-electron chi connectivity index (χ1n) is 5.70. The number of sulfonamides is 1. The molecule has 1 atom stereocenters. The lowest BCUT2D eigenvalue weighted by molar-refractivity contribution is 0.482. The minimum absolute atomic E-state index is 0.0993. The third-order valence-electron chi connectivity index (χ3n) is 2.37. The van der Waals surface area contributed by atoms with E-state index < -0.39 is 10.0 Å². The second-order valence-corrected chi connectivity index (χ2v) is 7.62. The van der Waals surface area contributed by atoms with Crippen LogP contribution in [0.4, 0.5) is 0 Å². The van der Waals surface area contributed by atoms with E-state index in [9.17, 15) is 8.42 Å². The van der Waals surface area contributed by atoms with Crippen LogP contribution in [0.25, 0.3) is 0 Å². The highest BCUT2D eigenvalue weighted by atomic mass is 79.9. The highest BCUT2D eigenvalue weighted by molar-refractivity contribution is 9.10. The van der Waals surface area contributed by atoms with Gasteiger partial charge in [0.2, 0.25) is 10.0 Å². The van der Waals surface area contributed by atoms with Gasteiger partial charge < -0.3 is 0 Å². The van der Waals surface area contributed by atoms with Crippen molar-refractivity contribution in [1.29, 1.82) is 0 Å². The average Bonchev–Trinajstić information content (AvgIpc) is 2.13. The van der Waals surface area contributed by atoms with Crippen LogP contribution in [0.2, 0.25) is 5.02 Å². The van der Waals surface area contributed by atoms with Crippen LogP contribution in [0.5, 0.6) is 0 Å². The predicted molar refractivity (Wildman–Crippen MR) is 78.4 cm³/mol. The Labute approximate surface area is 122 Å². The molecule has 0 radical (unpaired) electrons. The van der Waals surface area contributed by atoms with Crippen LogP contribution in [0.15, 0.2) is 27.6 Å². The standard InChI is InChI=1S/C12H17BrClNO2S/c1-8(2)7-9(3)15-18(16,17)12-10(13)5-4-6-11(12)14/h4-6,8-9,15H,7H2,1-3H3. The summed E-state index contributed by atoms with van der Waals surface area (Å²) in [5, 5.41) is 0.216. The van der Waals surface area contributed by atoms with E-state index in [1.165, 1.54) is 0 Å². The van der Waals surface area contributed by atoms with Gasteiger partial charge in [-0.1, -0.05) is 31.5 Å². The number of hydrogen-bond acceptors (Lipinski definition) is 2. The van der Waals surface area contributed by atoms with Crippen molar-refractivity contribution in [3.05, 3.63) is 27.7 Å². The van der Waals surface area contributed by atoms with E-state index >= 15 is 0 Å². The summed E-state index contributed by atoms with van der Waals surface area (Å²) < 4.78 is 27.6. The molecule has 1 rings (SSSR count). The fourth-order valence-electron chi connectivity index (χ4n) is 1.82. The molecule has 6 heteroatoms. The molecule has 3 nitrogen and oxygen atoms in total. The quantitative estimate of drug-likeness (QED) is 0.874. The van der Waals surface area contributed by atoms with Gasteiger partial charge in [-0.25, -0.2) is 13.1 Å². The third-order valence-corrected chi connectivity index (χ3v) is 5.41. The molecule has 18 heavy (non-hydrogen) atoms. The Morgan fingerprint density at radius 2 is 1.94 bits per heavy atom. The summed E-state index contributed by atoms with van der Waals surface area (Å²) in [6.45, 7) is 5.95. The Balaban J connectivity index is 3.00. The zero-order chi connectivity index (χ0) is 13.9. The van der Waals surface area contributed by atoms with Crippen LogP contribution in [-0.2, 0) is 10.0 Å². The van der Waals surface area contributed by atoms with Crippen LogP contribution in [-0.4, -0.2) is 14.5 Å². The molecule has 1 aromatic rings. The molecule has 1 N–H and O–H groups in total. The van der Waals surface area contributed by atoms with Crippen LogP contribution >= 0.6 is 27.5 Å². The largest absolute Gasteiger partial charge is 0.243 e. The van der Waals surface area contributed by atoms with Crippen molar-refractivity contribution in [1.82, 2.24) is 4.72 Å². The second kappa shape index (κ2) is 6.37. The highest BCUT2D eigenvalue weighted by Gasteiger charge is 2.23. The fraction of sp³-hybridized carbons (Fsp3) is 0.500. The maximum atomic E-state index is 12.2. The lowest BCUT2D eigenvalue weighted by Gasteiger charge is -2.17. The molecule has 0 aliphatic heterocycles. The number of rotatable bonds is 5. The Morgan fingerprint density at radius 3 is 2.44 bits per heavy atom. The van der Waals surface area contributed by atoms with Gasteiger partial charge in [0, 0.05) is 10.5 Å². The zero-order valence-corrected chi connectivity index (χ0v) is 13.7. The maximum absolute atomic E-state index is 12.2. The molecule has 0 saturated carbocycles. The summed E-state index contributed by atoms with van der Waals surface area (Å²) in [5.74, 6) is 0.428. The summed E-state index contributed by atoms with van der Waals surface area (Å²) in [6.07, 6.45) is 0.779. The highest BCUT2D eigenvalue weighted by Crippen LogP contribution is 2.29. The van der Waals surface area contributed by atoms with E-state index in [0.29, 0.717) is 10.4 Å². The van der Waals surface area contributed by atoms with Gasteiger partial charge in [-0.2, -0.15) is 0 Å². The van der Waals surface area contributed by atoms with Crippen molar-refractivity contribution in [3.63, 3.8) is 0 Å². The van der Waals surface area contributed by atoms with Crippen molar-refractivity contribution >= 4 is 37.6 Å². The van der Waals surface area contributed by atoms with Crippen molar-refractivity contribution in [3.8, 4) is 0 Å². The monoisotopic (exact) mass is 353 g/mol. The number of halogens is 2. The van der Waals surface area contributed by atoms with Crippen LogP contribution in [0.3, 0.4) is 0 Å². The normalized spacial score (nSPS) is 13.9. The van der Waals surface area contributed by atoms with Gasteiger partial charge in [-0.3, -0.25) is 0 Å². The van der Waals surface area contributed by atoms with Gasteiger partial charge in [0.05, 0.1) is 5.02 Å². The van der Waals surface area contributed by atoms with Gasteiger partial charge >= 0.3 is 0 Å². The summed E-state index contributed by atoms with van der Waals surface area (Å²) in [6, 6.07) is 4.79. The van der Waals surface area contributed by atoms with Crippen LogP contribution < -0.4 is 4.72 Å². The van der Waals surface area contributed by atoms with E-state index in [1.54, 1.807) is 18.2 Å². The third kappa shape index (κ3) is 4.23. The minimum atomic E-state index is -3.60. The van der Waals surface area contributed by atoms with Crippen molar-refractivity contribution in [2.75, 3.05) is 0 Å². The van der Waals surface area contributed by atoms with Crippen LogP contribution in [0.1, 0.15) is 27.2 Å². The molecular weight excluding hydrogens is 338 g/mol. The van der Waals surface area contributed by atoms with Gasteiger partial charge in [0.15, 0.2) is 0 Å². The summed E-state index contributed by atoms with van der Waals surface area (Å²) in [7, 11) is -3.60. The molecular formula is C12H17BrClNO2S. The predicted octanol–water partition coefficient (Wildman–Crippen LogP) is 3.82. The molecule has 0 heterocycles. The summed E-state index contributed by atoms with van der Waals surface area (Å²) in [5.41, 5.74) is 0. The Hall–Kier alpha value is -0.100. The van der Waals surface area contributed by atoms with E-state index in [4.69, 9.17) is 11.6 Å². The van der Waals surface area contributed by atoms with Crippen molar-refractivity contribution in [2.24, 2.45) is 5.92 Å². The molecule has 1 unspecified atom stereocenters. The first kappa shape index (κ1) is 16.0. The molecule has 102 valence electrons. The first-order chi connectivity index (χ1) is 8.24. The molecule has 0 spiro atoms. The van der Waals surface area contributed by atoms with Gasteiger partial charge in [0.1, 0.15) is 4.90 Å². The lowest BCUT2D eigenvalue weighted by atomic mass is 10.1. The molecule has 0 aliphatic carbocycles. The number of benzene rings is 1. The topological polar surface area (TPSA) is 46.2 Å². The fourth-order valence-corrected chi connectivity index (χ4v) is 4.81. The van der Waals surface area contributed by atoms with E-state index in [1.807, 2.05) is 6.92 Å². The second-order valence-electron chi connectivity index (χ2n) is 4.70. The molecule has 1 aromatic carbocycles. The summed E-state index contributed by atoms with van der Waals surface area (Å²) in [4.78, 5) is 0.0993. The van der Waals surface area contributed by atoms with Gasteiger partial charge in [0.25, 0.3) is 0 Å². The molecule has 0 aliphatic rings. The Kier molecular flexibility index (Phi) is 5.65. The molecule has 0 amide bonds. The molecule has 0 bridgehead atoms. The zero-order valence-electron chi connectivity index (χ0n) is 10.6. The summed E-state index contributed by atoms with van der Waals surface area (Å²) >= 11 is 9.17. The van der Waals surface area contributed by atoms with Crippen molar-refractivity contribution in [2.45, 2.75) is 38.1 Å². The van der Waals surface area contributed by atoms with Gasteiger partial charge in [-0.05, 0) is 47.3 Å². The molecule has 0 aromatic heterocycles. The average molecular weight is 355 g/mol. The maximum Gasteiger partial charge on any atom is 0.243 e.